The maximum atomic E-state index is 13.2. The second-order valence-corrected chi connectivity index (χ2v) is 7.91. The number of nitrogens with zero attached hydrogens (tertiary/aromatic N) is 2. The molecule has 0 aromatic heterocycles. The number of thiocarbonyl (C=S) groups is 1. The molecule has 2 heterocycles. The zero-order valence-corrected chi connectivity index (χ0v) is 16.3. The number of hydrogen-bond acceptors (Lipinski definition) is 4. The van der Waals surface area contributed by atoms with Crippen LogP contribution in [0.3, 0.4) is 0 Å². The minimum absolute atomic E-state index is 0.194. The molecule has 2 aliphatic heterocycles. The van der Waals surface area contributed by atoms with Gasteiger partial charge >= 0.3 is 0 Å². The molecule has 1 fully saturated rings. The summed E-state index contributed by atoms with van der Waals surface area (Å²) in [5.74, 6) is -0.451. The number of anilines is 2. The Kier molecular flexibility index (Phi) is 4.45. The van der Waals surface area contributed by atoms with Gasteiger partial charge in [-0.15, -0.1) is 6.58 Å². The van der Waals surface area contributed by atoms with E-state index in [1.807, 2.05) is 55.5 Å². The van der Waals surface area contributed by atoms with E-state index in [0.29, 0.717) is 27.0 Å². The summed E-state index contributed by atoms with van der Waals surface area (Å²) in [6, 6.07) is 15.1. The van der Waals surface area contributed by atoms with Crippen molar-refractivity contribution in [2.75, 3.05) is 16.3 Å². The molecule has 0 bridgehead atoms. The van der Waals surface area contributed by atoms with Crippen LogP contribution in [0.1, 0.15) is 11.1 Å². The van der Waals surface area contributed by atoms with Crippen molar-refractivity contribution in [3.05, 3.63) is 77.2 Å². The predicted molar refractivity (Wildman–Crippen MR) is 115 cm³/mol. The SMILES string of the molecule is C=CCN1C(=O)C(=C2SC(=S)N(c3ccc(C)cc3)C2=O)c2ccccc21. The zero-order valence-electron chi connectivity index (χ0n) is 14.6. The van der Waals surface area contributed by atoms with Crippen LogP contribution in [0.25, 0.3) is 5.57 Å². The largest absolute Gasteiger partial charge is 0.304 e. The number of aryl methyl sites for hydroxylation is 1. The van der Waals surface area contributed by atoms with Gasteiger partial charge in [-0.25, -0.2) is 0 Å². The molecular formula is C21H16N2O2S2. The number of hydrogen-bond donors (Lipinski definition) is 0. The van der Waals surface area contributed by atoms with Crippen LogP contribution in [0.5, 0.6) is 0 Å². The molecule has 0 aliphatic carbocycles. The number of rotatable bonds is 3. The Morgan fingerprint density at radius 1 is 1.07 bits per heavy atom. The Balaban J connectivity index is 1.83. The molecule has 2 aromatic carbocycles. The van der Waals surface area contributed by atoms with E-state index in [0.717, 1.165) is 16.8 Å². The lowest BCUT2D eigenvalue weighted by molar-refractivity contribution is -0.115. The maximum Gasteiger partial charge on any atom is 0.271 e. The minimum Gasteiger partial charge on any atom is -0.304 e. The molecule has 0 atom stereocenters. The summed E-state index contributed by atoms with van der Waals surface area (Å²) in [6.45, 7) is 6.10. The van der Waals surface area contributed by atoms with Crippen LogP contribution in [0, 0.1) is 6.92 Å². The quantitative estimate of drug-likeness (QED) is 0.444. The van der Waals surface area contributed by atoms with E-state index < -0.39 is 0 Å². The third kappa shape index (κ3) is 2.81. The Hall–Kier alpha value is -2.70. The molecule has 27 heavy (non-hydrogen) atoms. The Labute approximate surface area is 167 Å². The number of carbonyl (C=O) groups is 2. The van der Waals surface area contributed by atoms with Gasteiger partial charge in [0.25, 0.3) is 11.8 Å². The summed E-state index contributed by atoms with van der Waals surface area (Å²) in [6.07, 6.45) is 1.68. The summed E-state index contributed by atoms with van der Waals surface area (Å²) in [5.41, 5.74) is 3.77. The van der Waals surface area contributed by atoms with Crippen LogP contribution >= 0.6 is 24.0 Å². The number of carbonyl (C=O) groups excluding carboxylic acids is 2. The summed E-state index contributed by atoms with van der Waals surface area (Å²) in [4.78, 5) is 29.8. The molecule has 4 nitrogen and oxygen atoms in total. The van der Waals surface area contributed by atoms with Crippen LogP contribution in [-0.4, -0.2) is 22.7 Å². The molecule has 2 aromatic rings. The van der Waals surface area contributed by atoms with Gasteiger partial charge in [0.05, 0.1) is 21.9 Å². The number of para-hydroxylation sites is 1. The van der Waals surface area contributed by atoms with Crippen molar-refractivity contribution in [1.82, 2.24) is 0 Å². The molecule has 0 saturated carbocycles. The molecule has 6 heteroatoms. The molecule has 1 saturated heterocycles. The number of benzene rings is 2. The van der Waals surface area contributed by atoms with Gasteiger partial charge in [-0.1, -0.05) is 66.0 Å². The Morgan fingerprint density at radius 3 is 2.48 bits per heavy atom. The normalized spacial score (nSPS) is 19.1. The molecule has 2 amide bonds. The van der Waals surface area contributed by atoms with Gasteiger partial charge < -0.3 is 4.90 Å². The molecule has 134 valence electrons. The van der Waals surface area contributed by atoms with Crippen LogP contribution in [0.4, 0.5) is 11.4 Å². The van der Waals surface area contributed by atoms with Gasteiger partial charge in [0, 0.05) is 12.1 Å². The standard InChI is InChI=1S/C21H16N2O2S2/c1-3-12-22-16-7-5-4-6-15(16)17(19(22)24)18-20(25)23(21(26)27-18)14-10-8-13(2)9-11-14/h3-11H,1,12H2,2H3. The van der Waals surface area contributed by atoms with E-state index in [2.05, 4.69) is 6.58 Å². The highest BCUT2D eigenvalue weighted by molar-refractivity contribution is 8.27. The van der Waals surface area contributed by atoms with Crippen molar-refractivity contribution >= 4 is 57.1 Å². The van der Waals surface area contributed by atoms with E-state index in [9.17, 15) is 9.59 Å². The van der Waals surface area contributed by atoms with Gasteiger partial charge in [0.15, 0.2) is 4.32 Å². The molecule has 0 unspecified atom stereocenters. The van der Waals surface area contributed by atoms with Crippen LogP contribution in [0.15, 0.2) is 66.1 Å². The molecule has 0 radical (unpaired) electrons. The monoisotopic (exact) mass is 392 g/mol. The number of amides is 2. The van der Waals surface area contributed by atoms with E-state index in [4.69, 9.17) is 12.2 Å². The Morgan fingerprint density at radius 2 is 1.78 bits per heavy atom. The predicted octanol–water partition coefficient (Wildman–Crippen LogP) is 4.30. The van der Waals surface area contributed by atoms with Crippen LogP contribution < -0.4 is 9.80 Å². The lowest BCUT2D eigenvalue weighted by Crippen LogP contribution is -2.29. The number of thioether (sulfide) groups is 1. The van der Waals surface area contributed by atoms with E-state index in [1.54, 1.807) is 11.0 Å². The van der Waals surface area contributed by atoms with Crippen molar-refractivity contribution in [2.45, 2.75) is 6.92 Å². The fourth-order valence-corrected chi connectivity index (χ4v) is 4.62. The average Bonchev–Trinajstić information content (AvgIpc) is 3.10. The summed E-state index contributed by atoms with van der Waals surface area (Å²) in [7, 11) is 0. The maximum absolute atomic E-state index is 13.2. The van der Waals surface area contributed by atoms with E-state index in [-0.39, 0.29) is 11.8 Å². The fraction of sp³-hybridized carbons (Fsp3) is 0.0952. The number of fused-ring (bicyclic) bond motifs is 1. The van der Waals surface area contributed by atoms with Gasteiger partial charge in [-0.3, -0.25) is 14.5 Å². The van der Waals surface area contributed by atoms with Crippen LogP contribution in [-0.2, 0) is 9.59 Å². The first-order valence-corrected chi connectivity index (χ1v) is 9.64. The highest BCUT2D eigenvalue weighted by Gasteiger charge is 2.42. The molecule has 4 rings (SSSR count). The summed E-state index contributed by atoms with van der Waals surface area (Å²) < 4.78 is 0.429. The van der Waals surface area contributed by atoms with Crippen molar-refractivity contribution in [2.24, 2.45) is 0 Å². The Bertz CT molecular complexity index is 1020. The van der Waals surface area contributed by atoms with Crippen molar-refractivity contribution in [3.8, 4) is 0 Å². The van der Waals surface area contributed by atoms with Gasteiger partial charge in [0.1, 0.15) is 0 Å². The van der Waals surface area contributed by atoms with E-state index >= 15 is 0 Å². The summed E-state index contributed by atoms with van der Waals surface area (Å²) >= 11 is 6.64. The first kappa shape index (κ1) is 17.7. The third-order valence-electron chi connectivity index (χ3n) is 4.52. The first-order chi connectivity index (χ1) is 13.0. The van der Waals surface area contributed by atoms with Crippen molar-refractivity contribution in [3.63, 3.8) is 0 Å². The van der Waals surface area contributed by atoms with Crippen molar-refractivity contribution < 1.29 is 9.59 Å². The minimum atomic E-state index is -0.257. The van der Waals surface area contributed by atoms with E-state index in [1.165, 1.54) is 16.7 Å². The fourth-order valence-electron chi connectivity index (χ4n) is 3.25. The summed E-state index contributed by atoms with van der Waals surface area (Å²) in [5, 5.41) is 0. The molecule has 0 N–H and O–H groups in total. The van der Waals surface area contributed by atoms with Gasteiger partial charge in [0.2, 0.25) is 0 Å². The average molecular weight is 393 g/mol. The second-order valence-electron chi connectivity index (χ2n) is 6.27. The van der Waals surface area contributed by atoms with Gasteiger partial charge in [-0.05, 0) is 25.1 Å². The third-order valence-corrected chi connectivity index (χ3v) is 5.90. The highest BCUT2D eigenvalue weighted by Crippen LogP contribution is 2.45. The van der Waals surface area contributed by atoms with Gasteiger partial charge in [-0.2, -0.15) is 0 Å². The lowest BCUT2D eigenvalue weighted by Gasteiger charge is -2.15. The zero-order chi connectivity index (χ0) is 19.1. The topological polar surface area (TPSA) is 40.6 Å². The first-order valence-electron chi connectivity index (χ1n) is 8.42. The molecule has 2 aliphatic rings. The molecule has 0 spiro atoms. The smallest absolute Gasteiger partial charge is 0.271 e. The van der Waals surface area contributed by atoms with Crippen LogP contribution in [0.2, 0.25) is 0 Å². The van der Waals surface area contributed by atoms with Crippen molar-refractivity contribution in [1.29, 1.82) is 0 Å². The lowest BCUT2D eigenvalue weighted by atomic mass is 10.1. The molecular weight excluding hydrogens is 376 g/mol. The highest BCUT2D eigenvalue weighted by atomic mass is 32.2. The second kappa shape index (κ2) is 6.79.